The largest absolute Gasteiger partial charge is 0.480 e. The minimum Gasteiger partial charge on any atom is -0.480 e. The first kappa shape index (κ1) is 20.0. The quantitative estimate of drug-likeness (QED) is 0.506. The summed E-state index contributed by atoms with van der Waals surface area (Å²) in [6.45, 7) is 7.37. The summed E-state index contributed by atoms with van der Waals surface area (Å²) in [5.41, 5.74) is -0.725. The molecule has 0 saturated heterocycles. The summed E-state index contributed by atoms with van der Waals surface area (Å²) in [5.74, 6) is -1.25. The van der Waals surface area contributed by atoms with Crippen molar-refractivity contribution in [2.45, 2.75) is 58.6 Å². The Bertz CT molecular complexity index is 379. The summed E-state index contributed by atoms with van der Waals surface area (Å²) in [6.07, 6.45) is 2.08. The molecular formula is C14H27N3O5. The van der Waals surface area contributed by atoms with E-state index in [1.165, 1.54) is 0 Å². The van der Waals surface area contributed by atoms with E-state index >= 15 is 0 Å². The summed E-state index contributed by atoms with van der Waals surface area (Å²) >= 11 is 0. The molecule has 128 valence electrons. The van der Waals surface area contributed by atoms with Crippen molar-refractivity contribution in [2.75, 3.05) is 13.1 Å². The van der Waals surface area contributed by atoms with E-state index in [4.69, 9.17) is 9.84 Å². The van der Waals surface area contributed by atoms with Gasteiger partial charge >= 0.3 is 18.1 Å². The second-order valence-corrected chi connectivity index (χ2v) is 5.88. The summed E-state index contributed by atoms with van der Waals surface area (Å²) < 4.78 is 4.98. The summed E-state index contributed by atoms with van der Waals surface area (Å²) in [5, 5.41) is 16.3. The van der Waals surface area contributed by atoms with E-state index in [0.717, 1.165) is 19.3 Å². The highest BCUT2D eigenvalue weighted by Crippen LogP contribution is 2.06. The van der Waals surface area contributed by atoms with Crippen LogP contribution in [0.1, 0.15) is 47.0 Å². The standard InChI is InChI=1S/C14H27N3O5/c1-5-6-7-8-15-12(20)16-9-10(11(18)19)17-13(21)22-14(2,3)4/h10H,5-9H2,1-4H3,(H,17,21)(H,18,19)(H2,15,16,20)/t10-/m0/s1. The topological polar surface area (TPSA) is 117 Å². The van der Waals surface area contributed by atoms with Crippen LogP contribution in [0.15, 0.2) is 0 Å². The molecule has 0 heterocycles. The lowest BCUT2D eigenvalue weighted by Crippen LogP contribution is -2.51. The van der Waals surface area contributed by atoms with Gasteiger partial charge in [0.2, 0.25) is 0 Å². The van der Waals surface area contributed by atoms with Gasteiger partial charge in [-0.15, -0.1) is 0 Å². The zero-order chi connectivity index (χ0) is 17.2. The van der Waals surface area contributed by atoms with Crippen molar-refractivity contribution in [3.05, 3.63) is 0 Å². The molecular weight excluding hydrogens is 290 g/mol. The van der Waals surface area contributed by atoms with E-state index < -0.39 is 29.7 Å². The number of carbonyl (C=O) groups excluding carboxylic acids is 2. The molecule has 0 aliphatic carbocycles. The Balaban J connectivity index is 4.17. The highest BCUT2D eigenvalue weighted by Gasteiger charge is 2.24. The number of aliphatic carboxylic acids is 1. The van der Waals surface area contributed by atoms with Gasteiger partial charge in [-0.3, -0.25) is 0 Å². The normalized spacial score (nSPS) is 12.2. The molecule has 3 amide bonds. The number of amides is 3. The lowest BCUT2D eigenvalue weighted by Gasteiger charge is -2.22. The first-order chi connectivity index (χ1) is 10.2. The van der Waals surface area contributed by atoms with Gasteiger partial charge in [-0.05, 0) is 27.2 Å². The number of carbonyl (C=O) groups is 3. The summed E-state index contributed by atoms with van der Waals surface area (Å²) in [6, 6.07) is -1.72. The molecule has 0 aliphatic rings. The third-order valence-corrected chi connectivity index (χ3v) is 2.52. The van der Waals surface area contributed by atoms with Crippen LogP contribution in [0.25, 0.3) is 0 Å². The number of ether oxygens (including phenoxy) is 1. The molecule has 8 heteroatoms. The summed E-state index contributed by atoms with van der Waals surface area (Å²) in [7, 11) is 0. The Morgan fingerprint density at radius 1 is 1.14 bits per heavy atom. The molecule has 0 radical (unpaired) electrons. The van der Waals surface area contributed by atoms with Gasteiger partial charge in [0.1, 0.15) is 11.6 Å². The van der Waals surface area contributed by atoms with E-state index in [0.29, 0.717) is 6.54 Å². The van der Waals surface area contributed by atoms with Gasteiger partial charge in [0.05, 0.1) is 6.54 Å². The van der Waals surface area contributed by atoms with Crippen LogP contribution >= 0.6 is 0 Å². The molecule has 0 unspecified atom stereocenters. The Morgan fingerprint density at radius 3 is 2.27 bits per heavy atom. The lowest BCUT2D eigenvalue weighted by atomic mass is 10.2. The van der Waals surface area contributed by atoms with Crippen molar-refractivity contribution in [3.8, 4) is 0 Å². The van der Waals surface area contributed by atoms with Crippen LogP contribution in [0.2, 0.25) is 0 Å². The van der Waals surface area contributed by atoms with Crippen molar-refractivity contribution >= 4 is 18.1 Å². The Hall–Kier alpha value is -1.99. The third-order valence-electron chi connectivity index (χ3n) is 2.52. The molecule has 0 bridgehead atoms. The van der Waals surface area contributed by atoms with Gasteiger partial charge in [-0.25, -0.2) is 14.4 Å². The van der Waals surface area contributed by atoms with Crippen molar-refractivity contribution in [1.82, 2.24) is 16.0 Å². The van der Waals surface area contributed by atoms with E-state index in [1.54, 1.807) is 20.8 Å². The van der Waals surface area contributed by atoms with Gasteiger partial charge in [-0.2, -0.15) is 0 Å². The molecule has 0 aliphatic heterocycles. The van der Waals surface area contributed by atoms with E-state index in [-0.39, 0.29) is 6.54 Å². The first-order valence-corrected chi connectivity index (χ1v) is 7.39. The average molecular weight is 317 g/mol. The smallest absolute Gasteiger partial charge is 0.408 e. The predicted octanol–water partition coefficient (Wildman–Crippen LogP) is 1.45. The molecule has 0 aromatic carbocycles. The SMILES string of the molecule is CCCCCNC(=O)NC[C@H](NC(=O)OC(C)(C)C)C(=O)O. The maximum Gasteiger partial charge on any atom is 0.408 e. The number of urea groups is 1. The average Bonchev–Trinajstić information content (AvgIpc) is 2.37. The number of nitrogens with one attached hydrogen (secondary N) is 3. The minimum absolute atomic E-state index is 0.228. The Kier molecular flexibility index (Phi) is 8.97. The second-order valence-electron chi connectivity index (χ2n) is 5.88. The number of carboxylic acid groups (broad SMARTS) is 1. The Labute approximate surface area is 131 Å². The molecule has 0 saturated carbocycles. The van der Waals surface area contributed by atoms with Crippen LogP contribution in [0.5, 0.6) is 0 Å². The molecule has 0 rings (SSSR count). The fourth-order valence-electron chi connectivity index (χ4n) is 1.48. The van der Waals surface area contributed by atoms with Gasteiger partial charge in [-0.1, -0.05) is 19.8 Å². The molecule has 22 heavy (non-hydrogen) atoms. The van der Waals surface area contributed by atoms with Crippen LogP contribution in [0.4, 0.5) is 9.59 Å². The molecule has 1 atom stereocenters. The molecule has 0 aromatic rings. The highest BCUT2D eigenvalue weighted by atomic mass is 16.6. The molecule has 0 aromatic heterocycles. The van der Waals surface area contributed by atoms with Crippen molar-refractivity contribution in [2.24, 2.45) is 0 Å². The van der Waals surface area contributed by atoms with Gasteiger partial charge in [0.25, 0.3) is 0 Å². The first-order valence-electron chi connectivity index (χ1n) is 7.39. The van der Waals surface area contributed by atoms with Crippen LogP contribution in [-0.2, 0) is 9.53 Å². The van der Waals surface area contributed by atoms with Crippen LogP contribution in [0.3, 0.4) is 0 Å². The van der Waals surface area contributed by atoms with E-state index in [9.17, 15) is 14.4 Å². The highest BCUT2D eigenvalue weighted by molar-refractivity contribution is 5.81. The zero-order valence-corrected chi connectivity index (χ0v) is 13.7. The fourth-order valence-corrected chi connectivity index (χ4v) is 1.48. The second kappa shape index (κ2) is 9.86. The molecule has 0 fully saturated rings. The van der Waals surface area contributed by atoms with Crippen molar-refractivity contribution < 1.29 is 24.2 Å². The maximum atomic E-state index is 11.5. The summed E-state index contributed by atoms with van der Waals surface area (Å²) in [4.78, 5) is 34.1. The number of alkyl carbamates (subject to hydrolysis) is 1. The van der Waals surface area contributed by atoms with Gasteiger partial charge in [0, 0.05) is 6.54 Å². The predicted molar refractivity (Wildman–Crippen MR) is 81.7 cm³/mol. The van der Waals surface area contributed by atoms with Crippen LogP contribution in [-0.4, -0.2) is 47.9 Å². The number of rotatable bonds is 8. The van der Waals surface area contributed by atoms with E-state index in [1.807, 2.05) is 0 Å². The van der Waals surface area contributed by atoms with Gasteiger partial charge < -0.3 is 25.8 Å². The van der Waals surface area contributed by atoms with Crippen molar-refractivity contribution in [3.63, 3.8) is 0 Å². The third kappa shape index (κ3) is 10.8. The number of carboxylic acids is 1. The molecule has 8 nitrogen and oxygen atoms in total. The van der Waals surface area contributed by atoms with Crippen molar-refractivity contribution in [1.29, 1.82) is 0 Å². The maximum absolute atomic E-state index is 11.5. The van der Waals surface area contributed by atoms with Crippen LogP contribution in [0, 0.1) is 0 Å². The Morgan fingerprint density at radius 2 is 1.77 bits per heavy atom. The number of unbranched alkanes of at least 4 members (excludes halogenated alkanes) is 2. The molecule has 4 N–H and O–H groups in total. The van der Waals surface area contributed by atoms with E-state index in [2.05, 4.69) is 22.9 Å². The van der Waals surface area contributed by atoms with Gasteiger partial charge in [0.15, 0.2) is 0 Å². The monoisotopic (exact) mass is 317 g/mol. The fraction of sp³-hybridized carbons (Fsp3) is 0.786. The molecule has 0 spiro atoms. The number of hydrogen-bond acceptors (Lipinski definition) is 4. The number of hydrogen-bond donors (Lipinski definition) is 4. The lowest BCUT2D eigenvalue weighted by molar-refractivity contribution is -0.139. The zero-order valence-electron chi connectivity index (χ0n) is 13.7. The van der Waals surface area contributed by atoms with Crippen LogP contribution < -0.4 is 16.0 Å². The minimum atomic E-state index is -1.25.